The van der Waals surface area contributed by atoms with Gasteiger partial charge in [0.25, 0.3) is 5.91 Å². The number of likely N-dealkylation sites (tertiary alicyclic amines) is 1. The van der Waals surface area contributed by atoms with Crippen LogP contribution in [0.25, 0.3) is 0 Å². The van der Waals surface area contributed by atoms with Crippen LogP contribution in [0.2, 0.25) is 0 Å². The first-order valence-electron chi connectivity index (χ1n) is 10.4. The Labute approximate surface area is 179 Å². The number of piperazine rings is 1. The molecule has 7 nitrogen and oxygen atoms in total. The molecule has 1 unspecified atom stereocenters. The third-order valence-electron chi connectivity index (χ3n) is 5.75. The summed E-state index contributed by atoms with van der Waals surface area (Å²) in [5.41, 5.74) is 1.03. The molecule has 2 aliphatic heterocycles. The maximum atomic E-state index is 13.1. The largest absolute Gasteiger partial charge is 0.338 e. The van der Waals surface area contributed by atoms with Crippen molar-refractivity contribution in [1.82, 2.24) is 19.7 Å². The lowest BCUT2D eigenvalue weighted by atomic mass is 10.1. The van der Waals surface area contributed by atoms with Crippen LogP contribution in [-0.4, -0.2) is 76.8 Å². The van der Waals surface area contributed by atoms with E-state index in [1.807, 2.05) is 4.90 Å². The van der Waals surface area contributed by atoms with Crippen molar-refractivity contribution in [2.45, 2.75) is 25.8 Å². The molecule has 2 aromatic rings. The average Bonchev–Trinajstić information content (AvgIpc) is 3.44. The van der Waals surface area contributed by atoms with Crippen molar-refractivity contribution in [2.75, 3.05) is 44.6 Å². The third-order valence-corrected chi connectivity index (χ3v) is 6.51. The molecule has 2 saturated heterocycles. The van der Waals surface area contributed by atoms with Crippen LogP contribution in [-0.2, 0) is 4.79 Å². The van der Waals surface area contributed by atoms with Crippen LogP contribution >= 0.6 is 11.3 Å². The zero-order valence-corrected chi connectivity index (χ0v) is 17.8. The molecule has 9 heteroatoms. The Kier molecular flexibility index (Phi) is 6.29. The number of amides is 2. The molecule has 1 N–H and O–H groups in total. The molecule has 1 atom stereocenters. The van der Waals surface area contributed by atoms with Crippen molar-refractivity contribution in [2.24, 2.45) is 0 Å². The third kappa shape index (κ3) is 4.46. The van der Waals surface area contributed by atoms with Gasteiger partial charge in [-0.3, -0.25) is 9.59 Å². The summed E-state index contributed by atoms with van der Waals surface area (Å²) < 4.78 is 13.1. The predicted octanol–water partition coefficient (Wildman–Crippen LogP) is 2.79. The number of likely N-dealkylation sites (N-methyl/N-ethyl adjacent to an activating group) is 1. The Morgan fingerprint density at radius 1 is 1.17 bits per heavy atom. The monoisotopic (exact) mass is 431 g/mol. The lowest BCUT2D eigenvalue weighted by Gasteiger charge is -2.36. The van der Waals surface area contributed by atoms with Crippen LogP contribution in [0.1, 0.15) is 30.3 Å². The second-order valence-electron chi connectivity index (χ2n) is 7.59. The van der Waals surface area contributed by atoms with E-state index in [1.165, 1.54) is 23.5 Å². The fourth-order valence-electron chi connectivity index (χ4n) is 3.99. The normalized spacial score (nSPS) is 19.9. The fraction of sp³-hybridized carbons (Fsp3) is 0.476. The van der Waals surface area contributed by atoms with E-state index in [4.69, 9.17) is 0 Å². The Bertz CT molecular complexity index is 895. The number of thiazole rings is 1. The van der Waals surface area contributed by atoms with Crippen molar-refractivity contribution in [3.8, 4) is 0 Å². The molecule has 2 amide bonds. The standard InChI is InChI=1S/C21H26FN5O2S/c1-2-25-10-12-26(13-11-25)20(29)18-4-3-9-27(18)19(28)17-14-30-21(24-17)23-16-7-5-15(22)6-8-16/h5-8,14,18H,2-4,9-13H2,1H3,(H,23,24). The van der Waals surface area contributed by atoms with Crippen LogP contribution in [0.15, 0.2) is 29.6 Å². The van der Waals surface area contributed by atoms with Gasteiger partial charge in [0.2, 0.25) is 5.91 Å². The first-order chi connectivity index (χ1) is 14.5. The molecule has 3 heterocycles. The minimum atomic E-state index is -0.402. The average molecular weight is 432 g/mol. The molecular formula is C21H26FN5O2S. The van der Waals surface area contributed by atoms with E-state index in [1.54, 1.807) is 22.4 Å². The van der Waals surface area contributed by atoms with Gasteiger partial charge in [-0.1, -0.05) is 6.92 Å². The van der Waals surface area contributed by atoms with Gasteiger partial charge in [0.15, 0.2) is 5.13 Å². The van der Waals surface area contributed by atoms with Gasteiger partial charge < -0.3 is 20.0 Å². The second-order valence-corrected chi connectivity index (χ2v) is 8.44. The van der Waals surface area contributed by atoms with Crippen molar-refractivity contribution in [1.29, 1.82) is 0 Å². The number of hydrogen-bond acceptors (Lipinski definition) is 6. The van der Waals surface area contributed by atoms with Crippen LogP contribution in [0.4, 0.5) is 15.2 Å². The molecule has 0 bridgehead atoms. The number of aromatic nitrogens is 1. The number of rotatable bonds is 5. The first kappa shape index (κ1) is 20.7. The van der Waals surface area contributed by atoms with Crippen molar-refractivity contribution >= 4 is 34.0 Å². The van der Waals surface area contributed by atoms with E-state index in [0.29, 0.717) is 42.6 Å². The quantitative estimate of drug-likeness (QED) is 0.789. The number of nitrogens with one attached hydrogen (secondary N) is 1. The Hall–Kier alpha value is -2.52. The predicted molar refractivity (Wildman–Crippen MR) is 115 cm³/mol. The molecule has 2 aliphatic rings. The zero-order valence-electron chi connectivity index (χ0n) is 17.0. The summed E-state index contributed by atoms with van der Waals surface area (Å²) in [6.07, 6.45) is 1.52. The number of benzene rings is 1. The molecular weight excluding hydrogens is 405 g/mol. The van der Waals surface area contributed by atoms with E-state index in [-0.39, 0.29) is 17.6 Å². The van der Waals surface area contributed by atoms with Crippen LogP contribution in [0.5, 0.6) is 0 Å². The van der Waals surface area contributed by atoms with Gasteiger partial charge in [-0.2, -0.15) is 0 Å². The van der Waals surface area contributed by atoms with E-state index in [0.717, 1.165) is 26.1 Å². The van der Waals surface area contributed by atoms with Gasteiger partial charge in [-0.25, -0.2) is 9.37 Å². The Morgan fingerprint density at radius 2 is 1.90 bits per heavy atom. The summed E-state index contributed by atoms with van der Waals surface area (Å²) in [5, 5.41) is 5.34. The maximum Gasteiger partial charge on any atom is 0.274 e. The molecule has 30 heavy (non-hydrogen) atoms. The van der Waals surface area contributed by atoms with E-state index >= 15 is 0 Å². The molecule has 1 aromatic carbocycles. The van der Waals surface area contributed by atoms with Gasteiger partial charge in [0.05, 0.1) is 0 Å². The second kappa shape index (κ2) is 9.09. The summed E-state index contributed by atoms with van der Waals surface area (Å²) in [4.78, 5) is 36.4. The van der Waals surface area contributed by atoms with E-state index in [2.05, 4.69) is 22.1 Å². The van der Waals surface area contributed by atoms with Crippen LogP contribution in [0.3, 0.4) is 0 Å². The molecule has 0 radical (unpaired) electrons. The number of anilines is 2. The molecule has 160 valence electrons. The van der Waals surface area contributed by atoms with Gasteiger partial charge in [0, 0.05) is 43.8 Å². The van der Waals surface area contributed by atoms with Crippen molar-refractivity contribution in [3.05, 3.63) is 41.2 Å². The topological polar surface area (TPSA) is 68.8 Å². The van der Waals surface area contributed by atoms with Crippen molar-refractivity contribution in [3.63, 3.8) is 0 Å². The molecule has 0 spiro atoms. The fourth-order valence-corrected chi connectivity index (χ4v) is 4.70. The highest BCUT2D eigenvalue weighted by Gasteiger charge is 2.38. The molecule has 2 fully saturated rings. The summed E-state index contributed by atoms with van der Waals surface area (Å²) >= 11 is 1.31. The van der Waals surface area contributed by atoms with E-state index < -0.39 is 6.04 Å². The molecule has 0 saturated carbocycles. The molecule has 4 rings (SSSR count). The summed E-state index contributed by atoms with van der Waals surface area (Å²) in [6, 6.07) is 5.56. The van der Waals surface area contributed by atoms with Crippen LogP contribution in [0, 0.1) is 5.82 Å². The number of carbonyl (C=O) groups excluding carboxylic acids is 2. The molecule has 0 aliphatic carbocycles. The lowest BCUT2D eigenvalue weighted by Crippen LogP contribution is -2.54. The zero-order chi connectivity index (χ0) is 21.1. The highest BCUT2D eigenvalue weighted by atomic mass is 32.1. The Balaban J connectivity index is 1.40. The summed E-state index contributed by atoms with van der Waals surface area (Å²) in [7, 11) is 0. The number of carbonyl (C=O) groups is 2. The highest BCUT2D eigenvalue weighted by Crippen LogP contribution is 2.26. The number of hydrogen-bond donors (Lipinski definition) is 1. The smallest absolute Gasteiger partial charge is 0.274 e. The van der Waals surface area contributed by atoms with Gasteiger partial charge in [-0.05, 0) is 43.7 Å². The number of nitrogens with zero attached hydrogens (tertiary/aromatic N) is 4. The molecule has 1 aromatic heterocycles. The minimum Gasteiger partial charge on any atom is -0.338 e. The maximum absolute atomic E-state index is 13.1. The minimum absolute atomic E-state index is 0.0523. The van der Waals surface area contributed by atoms with E-state index in [9.17, 15) is 14.0 Å². The summed E-state index contributed by atoms with van der Waals surface area (Å²) in [6.45, 7) is 6.89. The van der Waals surface area contributed by atoms with Gasteiger partial charge >= 0.3 is 0 Å². The SMILES string of the molecule is CCN1CCN(C(=O)C2CCCN2C(=O)c2csc(Nc3ccc(F)cc3)n2)CC1. The highest BCUT2D eigenvalue weighted by molar-refractivity contribution is 7.14. The number of halogens is 1. The Morgan fingerprint density at radius 3 is 2.60 bits per heavy atom. The van der Waals surface area contributed by atoms with Crippen LogP contribution < -0.4 is 5.32 Å². The first-order valence-corrected chi connectivity index (χ1v) is 11.2. The van der Waals surface area contributed by atoms with Gasteiger partial charge in [-0.15, -0.1) is 11.3 Å². The summed E-state index contributed by atoms with van der Waals surface area (Å²) in [5.74, 6) is -0.464. The van der Waals surface area contributed by atoms with Gasteiger partial charge in [0.1, 0.15) is 17.6 Å². The van der Waals surface area contributed by atoms with Crippen molar-refractivity contribution < 1.29 is 14.0 Å². The lowest BCUT2D eigenvalue weighted by molar-refractivity contribution is -0.137.